The van der Waals surface area contributed by atoms with Crippen molar-refractivity contribution < 1.29 is 4.39 Å². The summed E-state index contributed by atoms with van der Waals surface area (Å²) in [6.07, 6.45) is 3.52. The van der Waals surface area contributed by atoms with E-state index in [0.29, 0.717) is 23.5 Å². The van der Waals surface area contributed by atoms with Crippen LogP contribution >= 0.6 is 11.6 Å². The number of rotatable bonds is 2. The molecule has 3 aromatic rings. The maximum absolute atomic E-state index is 13.4. The SMILES string of the molecule is Cc1ccncc1Cn1c(N)nc2cc(F)c(Cl)cc21. The third kappa shape index (κ3) is 2.10. The van der Waals surface area contributed by atoms with Crippen LogP contribution in [0.5, 0.6) is 0 Å². The third-order valence-electron chi connectivity index (χ3n) is 3.30. The second-order valence-electron chi connectivity index (χ2n) is 4.61. The van der Waals surface area contributed by atoms with Crippen LogP contribution in [0.3, 0.4) is 0 Å². The lowest BCUT2D eigenvalue weighted by molar-refractivity contribution is 0.629. The Bertz CT molecular complexity index is 797. The van der Waals surface area contributed by atoms with Gasteiger partial charge in [-0.2, -0.15) is 0 Å². The lowest BCUT2D eigenvalue weighted by Crippen LogP contribution is -2.06. The first-order valence-corrected chi connectivity index (χ1v) is 6.44. The highest BCUT2D eigenvalue weighted by atomic mass is 35.5. The Morgan fingerprint density at radius 3 is 2.95 bits per heavy atom. The molecule has 0 aliphatic rings. The van der Waals surface area contributed by atoms with Gasteiger partial charge in [-0.05, 0) is 30.2 Å². The van der Waals surface area contributed by atoms with Gasteiger partial charge in [0.15, 0.2) is 0 Å². The summed E-state index contributed by atoms with van der Waals surface area (Å²) in [7, 11) is 0. The van der Waals surface area contributed by atoms with Crippen molar-refractivity contribution in [3.8, 4) is 0 Å². The summed E-state index contributed by atoms with van der Waals surface area (Å²) in [6.45, 7) is 2.52. The molecule has 20 heavy (non-hydrogen) atoms. The number of aryl methyl sites for hydroxylation is 1. The molecular weight excluding hydrogens is 279 g/mol. The molecule has 0 amide bonds. The maximum atomic E-state index is 13.4. The van der Waals surface area contributed by atoms with E-state index in [4.69, 9.17) is 17.3 Å². The van der Waals surface area contributed by atoms with Crippen LogP contribution in [0.25, 0.3) is 11.0 Å². The monoisotopic (exact) mass is 290 g/mol. The van der Waals surface area contributed by atoms with Crippen molar-refractivity contribution in [1.82, 2.24) is 14.5 Å². The summed E-state index contributed by atoms with van der Waals surface area (Å²) < 4.78 is 15.2. The van der Waals surface area contributed by atoms with Crippen LogP contribution < -0.4 is 5.73 Å². The van der Waals surface area contributed by atoms with Crippen molar-refractivity contribution in [2.75, 3.05) is 5.73 Å². The molecule has 0 unspecified atom stereocenters. The Balaban J connectivity index is 2.14. The first kappa shape index (κ1) is 12.9. The van der Waals surface area contributed by atoms with E-state index in [1.54, 1.807) is 23.0 Å². The molecule has 2 heterocycles. The minimum absolute atomic E-state index is 0.0570. The first-order valence-electron chi connectivity index (χ1n) is 6.06. The van der Waals surface area contributed by atoms with Gasteiger partial charge in [-0.3, -0.25) is 4.98 Å². The smallest absolute Gasteiger partial charge is 0.201 e. The number of hydrogen-bond donors (Lipinski definition) is 1. The highest BCUT2D eigenvalue weighted by molar-refractivity contribution is 6.31. The number of fused-ring (bicyclic) bond motifs is 1. The molecule has 0 fully saturated rings. The standard InChI is InChI=1S/C14H12ClFN4/c1-8-2-3-18-6-9(8)7-20-13-4-10(15)11(16)5-12(13)19-14(20)17/h2-6H,7H2,1H3,(H2,17,19). The number of nitrogen functional groups attached to an aromatic ring is 1. The van der Waals surface area contributed by atoms with E-state index >= 15 is 0 Å². The molecule has 0 saturated carbocycles. The zero-order chi connectivity index (χ0) is 14.3. The fourth-order valence-corrected chi connectivity index (χ4v) is 2.30. The molecule has 1 aromatic carbocycles. The number of nitrogens with two attached hydrogens (primary N) is 1. The zero-order valence-electron chi connectivity index (χ0n) is 10.8. The van der Waals surface area contributed by atoms with E-state index in [-0.39, 0.29) is 5.02 Å². The van der Waals surface area contributed by atoms with E-state index < -0.39 is 5.82 Å². The highest BCUT2D eigenvalue weighted by Crippen LogP contribution is 2.25. The van der Waals surface area contributed by atoms with E-state index in [2.05, 4.69) is 9.97 Å². The normalized spacial score (nSPS) is 11.2. The molecule has 0 aliphatic heterocycles. The van der Waals surface area contributed by atoms with Crippen molar-refractivity contribution >= 4 is 28.6 Å². The molecule has 2 N–H and O–H groups in total. The van der Waals surface area contributed by atoms with Gasteiger partial charge in [0.25, 0.3) is 0 Å². The predicted molar refractivity (Wildman–Crippen MR) is 77.2 cm³/mol. The van der Waals surface area contributed by atoms with Gasteiger partial charge >= 0.3 is 0 Å². The van der Waals surface area contributed by atoms with Crippen molar-refractivity contribution in [3.63, 3.8) is 0 Å². The summed E-state index contributed by atoms with van der Waals surface area (Å²) in [5.41, 5.74) is 9.25. The first-order chi connectivity index (χ1) is 9.56. The summed E-state index contributed by atoms with van der Waals surface area (Å²) in [4.78, 5) is 8.27. The number of halogens is 2. The largest absolute Gasteiger partial charge is 0.369 e. The van der Waals surface area contributed by atoms with Gasteiger partial charge < -0.3 is 10.3 Å². The number of hydrogen-bond acceptors (Lipinski definition) is 3. The predicted octanol–water partition coefficient (Wildman–Crippen LogP) is 3.16. The highest BCUT2D eigenvalue weighted by Gasteiger charge is 2.12. The third-order valence-corrected chi connectivity index (χ3v) is 3.59. The van der Waals surface area contributed by atoms with Crippen LogP contribution in [-0.4, -0.2) is 14.5 Å². The molecular formula is C14H12ClFN4. The topological polar surface area (TPSA) is 56.7 Å². The molecule has 0 aliphatic carbocycles. The minimum Gasteiger partial charge on any atom is -0.369 e. The second-order valence-corrected chi connectivity index (χ2v) is 5.02. The minimum atomic E-state index is -0.499. The summed E-state index contributed by atoms with van der Waals surface area (Å²) in [5.74, 6) is -0.175. The van der Waals surface area contributed by atoms with Crippen LogP contribution in [0, 0.1) is 12.7 Å². The maximum Gasteiger partial charge on any atom is 0.201 e. The second kappa shape index (κ2) is 4.76. The van der Waals surface area contributed by atoms with Gasteiger partial charge in [-0.1, -0.05) is 11.6 Å². The van der Waals surface area contributed by atoms with Gasteiger partial charge in [-0.15, -0.1) is 0 Å². The molecule has 3 rings (SSSR count). The summed E-state index contributed by atoms with van der Waals surface area (Å²) in [6, 6.07) is 4.76. The molecule has 0 atom stereocenters. The molecule has 0 bridgehead atoms. The molecule has 4 nitrogen and oxygen atoms in total. The lowest BCUT2D eigenvalue weighted by Gasteiger charge is -2.09. The molecule has 6 heteroatoms. The van der Waals surface area contributed by atoms with E-state index in [1.165, 1.54) is 6.07 Å². The molecule has 0 spiro atoms. The van der Waals surface area contributed by atoms with Gasteiger partial charge in [0.05, 0.1) is 22.6 Å². The van der Waals surface area contributed by atoms with Crippen LogP contribution in [0.4, 0.5) is 10.3 Å². The number of imidazole rings is 1. The Hall–Kier alpha value is -2.14. The quantitative estimate of drug-likeness (QED) is 0.789. The van der Waals surface area contributed by atoms with Crippen molar-refractivity contribution in [2.45, 2.75) is 13.5 Å². The van der Waals surface area contributed by atoms with Gasteiger partial charge in [0.2, 0.25) is 5.95 Å². The molecule has 2 aromatic heterocycles. The van der Waals surface area contributed by atoms with Crippen molar-refractivity contribution in [3.05, 3.63) is 52.6 Å². The van der Waals surface area contributed by atoms with Crippen molar-refractivity contribution in [1.29, 1.82) is 0 Å². The Kier molecular flexibility index (Phi) is 3.06. The average molecular weight is 291 g/mol. The average Bonchev–Trinajstić information content (AvgIpc) is 2.69. The van der Waals surface area contributed by atoms with Gasteiger partial charge in [0.1, 0.15) is 5.82 Å². The van der Waals surface area contributed by atoms with E-state index in [1.807, 2.05) is 13.0 Å². The van der Waals surface area contributed by atoms with E-state index in [9.17, 15) is 4.39 Å². The summed E-state index contributed by atoms with van der Waals surface area (Å²) >= 11 is 5.83. The van der Waals surface area contributed by atoms with Crippen LogP contribution in [0.15, 0.2) is 30.6 Å². The van der Waals surface area contributed by atoms with Crippen LogP contribution in [-0.2, 0) is 6.54 Å². The van der Waals surface area contributed by atoms with E-state index in [0.717, 1.165) is 11.1 Å². The molecule has 0 saturated heterocycles. The number of anilines is 1. The number of pyridine rings is 1. The number of nitrogens with zero attached hydrogens (tertiary/aromatic N) is 3. The Morgan fingerprint density at radius 1 is 1.40 bits per heavy atom. The number of benzene rings is 1. The fourth-order valence-electron chi connectivity index (χ4n) is 2.14. The lowest BCUT2D eigenvalue weighted by atomic mass is 10.1. The van der Waals surface area contributed by atoms with Crippen LogP contribution in [0.1, 0.15) is 11.1 Å². The zero-order valence-corrected chi connectivity index (χ0v) is 11.5. The summed E-state index contributed by atoms with van der Waals surface area (Å²) in [5, 5.41) is 0.0570. The van der Waals surface area contributed by atoms with Crippen molar-refractivity contribution in [2.24, 2.45) is 0 Å². The van der Waals surface area contributed by atoms with Gasteiger partial charge in [0, 0.05) is 18.5 Å². The van der Waals surface area contributed by atoms with Gasteiger partial charge in [-0.25, -0.2) is 9.37 Å². The Labute approximate surface area is 120 Å². The van der Waals surface area contributed by atoms with Crippen LogP contribution in [0.2, 0.25) is 5.02 Å². The molecule has 0 radical (unpaired) electrons. The number of aromatic nitrogens is 3. The Morgan fingerprint density at radius 2 is 2.20 bits per heavy atom. The fraction of sp³-hybridized carbons (Fsp3) is 0.143. The molecule has 102 valence electrons.